The Morgan fingerprint density at radius 1 is 1.30 bits per heavy atom. The van der Waals surface area contributed by atoms with Crippen LogP contribution in [0.3, 0.4) is 0 Å². The number of benzene rings is 1. The lowest BCUT2D eigenvalue weighted by Crippen LogP contribution is -2.45. The predicted octanol–water partition coefficient (Wildman–Crippen LogP) is 2.05. The minimum atomic E-state index is -3.70. The summed E-state index contributed by atoms with van der Waals surface area (Å²) in [5.74, 6) is 0.0906. The summed E-state index contributed by atoms with van der Waals surface area (Å²) in [6.07, 6.45) is 2.99. The molecule has 0 aliphatic heterocycles. The lowest BCUT2D eigenvalue weighted by Gasteiger charge is -2.34. The third kappa shape index (κ3) is 3.77. The van der Waals surface area contributed by atoms with Crippen LogP contribution in [0.15, 0.2) is 29.2 Å². The Bertz CT molecular complexity index is 548. The van der Waals surface area contributed by atoms with E-state index in [0.29, 0.717) is 18.8 Å². The number of halogens is 1. The van der Waals surface area contributed by atoms with Crippen LogP contribution in [0.5, 0.6) is 0 Å². The van der Waals surface area contributed by atoms with Gasteiger partial charge in [-0.2, -0.15) is 0 Å². The monoisotopic (exact) mass is 301 g/mol. The lowest BCUT2D eigenvalue weighted by atomic mass is 9.80. The maximum atomic E-state index is 12.8. The predicted molar refractivity (Wildman–Crippen MR) is 74.2 cm³/mol. The molecule has 1 aliphatic carbocycles. The first-order valence-corrected chi connectivity index (χ1v) is 8.27. The van der Waals surface area contributed by atoms with Gasteiger partial charge in [0.15, 0.2) is 0 Å². The first-order valence-electron chi connectivity index (χ1n) is 6.78. The zero-order valence-corrected chi connectivity index (χ0v) is 12.3. The summed E-state index contributed by atoms with van der Waals surface area (Å²) < 4.78 is 39.3. The molecule has 0 spiro atoms. The average Bonchev–Trinajstić information content (AvgIpc) is 2.41. The van der Waals surface area contributed by atoms with E-state index in [4.69, 9.17) is 0 Å². The number of rotatable bonds is 4. The van der Waals surface area contributed by atoms with Gasteiger partial charge in [0.25, 0.3) is 0 Å². The lowest BCUT2D eigenvalue weighted by molar-refractivity contribution is -0.00182. The molecule has 1 aromatic carbocycles. The van der Waals surface area contributed by atoms with Crippen LogP contribution in [0.2, 0.25) is 0 Å². The molecule has 20 heavy (non-hydrogen) atoms. The van der Waals surface area contributed by atoms with Crippen LogP contribution in [-0.2, 0) is 10.0 Å². The van der Waals surface area contributed by atoms with E-state index in [1.165, 1.54) is 12.1 Å². The zero-order valence-electron chi connectivity index (χ0n) is 11.5. The normalized spacial score (nSPS) is 27.4. The third-order valence-corrected chi connectivity index (χ3v) is 5.34. The van der Waals surface area contributed by atoms with Crippen molar-refractivity contribution in [2.75, 3.05) is 6.54 Å². The summed E-state index contributed by atoms with van der Waals surface area (Å²) in [6.45, 7) is 2.13. The van der Waals surface area contributed by atoms with Gasteiger partial charge in [0.1, 0.15) is 5.82 Å². The summed E-state index contributed by atoms with van der Waals surface area (Å²) in [4.78, 5) is 0.00618. The molecule has 1 aliphatic rings. The highest BCUT2D eigenvalue weighted by Crippen LogP contribution is 2.31. The molecule has 0 bridgehead atoms. The van der Waals surface area contributed by atoms with Crippen molar-refractivity contribution in [3.05, 3.63) is 30.1 Å². The fraction of sp³-hybridized carbons (Fsp3) is 0.571. The fourth-order valence-corrected chi connectivity index (χ4v) is 3.52. The van der Waals surface area contributed by atoms with Crippen molar-refractivity contribution in [2.24, 2.45) is 5.92 Å². The van der Waals surface area contributed by atoms with Crippen molar-refractivity contribution in [1.82, 2.24) is 4.72 Å². The van der Waals surface area contributed by atoms with Gasteiger partial charge in [0.2, 0.25) is 10.0 Å². The van der Waals surface area contributed by atoms with E-state index < -0.39 is 21.4 Å². The van der Waals surface area contributed by atoms with E-state index in [0.717, 1.165) is 25.0 Å². The average molecular weight is 301 g/mol. The van der Waals surface area contributed by atoms with Crippen molar-refractivity contribution < 1.29 is 17.9 Å². The molecule has 0 radical (unpaired) electrons. The van der Waals surface area contributed by atoms with Gasteiger partial charge in [-0.05, 0) is 55.9 Å². The van der Waals surface area contributed by atoms with Gasteiger partial charge in [-0.3, -0.25) is 0 Å². The summed E-state index contributed by atoms with van der Waals surface area (Å²) in [6, 6.07) is 4.63. The molecule has 2 N–H and O–H groups in total. The van der Waals surface area contributed by atoms with E-state index in [2.05, 4.69) is 11.6 Å². The van der Waals surface area contributed by atoms with Gasteiger partial charge in [0.05, 0.1) is 10.5 Å². The molecule has 0 saturated heterocycles. The molecule has 2 rings (SSSR count). The molecule has 1 aromatic rings. The highest BCUT2D eigenvalue weighted by Gasteiger charge is 2.33. The summed E-state index contributed by atoms with van der Waals surface area (Å²) >= 11 is 0. The molecule has 1 fully saturated rings. The summed E-state index contributed by atoms with van der Waals surface area (Å²) in [5.41, 5.74) is -0.973. The van der Waals surface area contributed by atoms with E-state index in [-0.39, 0.29) is 11.4 Å². The van der Waals surface area contributed by atoms with Crippen molar-refractivity contribution in [3.63, 3.8) is 0 Å². The second-order valence-electron chi connectivity index (χ2n) is 5.69. The zero-order chi connectivity index (χ0) is 14.8. The number of aliphatic hydroxyl groups is 1. The minimum Gasteiger partial charge on any atom is -0.389 e. The largest absolute Gasteiger partial charge is 0.389 e. The fourth-order valence-electron chi connectivity index (χ4n) is 2.40. The maximum Gasteiger partial charge on any atom is 0.240 e. The van der Waals surface area contributed by atoms with E-state index in [1.54, 1.807) is 0 Å². The number of sulfonamides is 1. The van der Waals surface area contributed by atoms with Crippen LogP contribution in [-0.4, -0.2) is 25.7 Å². The highest BCUT2D eigenvalue weighted by molar-refractivity contribution is 7.89. The molecular formula is C14H20FNO3S. The van der Waals surface area contributed by atoms with Gasteiger partial charge in [-0.15, -0.1) is 0 Å². The molecule has 0 aromatic heterocycles. The van der Waals surface area contributed by atoms with Crippen LogP contribution < -0.4 is 4.72 Å². The molecule has 0 atom stereocenters. The van der Waals surface area contributed by atoms with Crippen LogP contribution in [0.4, 0.5) is 4.39 Å². The van der Waals surface area contributed by atoms with Crippen LogP contribution in [0.1, 0.15) is 32.6 Å². The van der Waals surface area contributed by atoms with E-state index in [1.807, 2.05) is 0 Å². The molecule has 0 unspecified atom stereocenters. The Hall–Kier alpha value is -0.980. The molecule has 4 nitrogen and oxygen atoms in total. The van der Waals surface area contributed by atoms with Gasteiger partial charge < -0.3 is 5.11 Å². The van der Waals surface area contributed by atoms with Crippen LogP contribution in [0.25, 0.3) is 0 Å². The molecule has 0 heterocycles. The Kier molecular flexibility index (Phi) is 4.46. The Morgan fingerprint density at radius 3 is 2.40 bits per heavy atom. The Labute approximate surface area is 119 Å². The first kappa shape index (κ1) is 15.4. The third-order valence-electron chi connectivity index (χ3n) is 3.92. The van der Waals surface area contributed by atoms with Crippen molar-refractivity contribution in [3.8, 4) is 0 Å². The molecular weight excluding hydrogens is 281 g/mol. The van der Waals surface area contributed by atoms with Crippen molar-refractivity contribution in [2.45, 2.75) is 43.1 Å². The SMILES string of the molecule is CC1CCC(O)(CNS(=O)(=O)c2ccc(F)cc2)CC1. The van der Waals surface area contributed by atoms with E-state index in [9.17, 15) is 17.9 Å². The Morgan fingerprint density at radius 2 is 1.85 bits per heavy atom. The smallest absolute Gasteiger partial charge is 0.240 e. The standard InChI is InChI=1S/C14H20FNO3S/c1-11-6-8-14(17,9-7-11)10-16-20(18,19)13-4-2-12(15)3-5-13/h2-5,11,16-17H,6-10H2,1H3. The first-order chi connectivity index (χ1) is 9.31. The summed E-state index contributed by atoms with van der Waals surface area (Å²) in [5, 5.41) is 10.4. The minimum absolute atomic E-state index is 0.000566. The number of hydrogen-bond acceptors (Lipinski definition) is 3. The van der Waals surface area contributed by atoms with Crippen molar-refractivity contribution >= 4 is 10.0 Å². The second kappa shape index (κ2) is 5.79. The number of hydrogen-bond donors (Lipinski definition) is 2. The topological polar surface area (TPSA) is 66.4 Å². The summed E-state index contributed by atoms with van der Waals surface area (Å²) in [7, 11) is -3.70. The molecule has 6 heteroatoms. The highest BCUT2D eigenvalue weighted by atomic mass is 32.2. The van der Waals surface area contributed by atoms with E-state index >= 15 is 0 Å². The Balaban J connectivity index is 2.00. The maximum absolute atomic E-state index is 12.8. The van der Waals surface area contributed by atoms with Crippen LogP contribution in [0, 0.1) is 11.7 Å². The van der Waals surface area contributed by atoms with Gasteiger partial charge >= 0.3 is 0 Å². The van der Waals surface area contributed by atoms with Crippen LogP contribution >= 0.6 is 0 Å². The number of nitrogens with one attached hydrogen (secondary N) is 1. The van der Waals surface area contributed by atoms with Gasteiger partial charge in [-0.25, -0.2) is 17.5 Å². The van der Waals surface area contributed by atoms with Gasteiger partial charge in [-0.1, -0.05) is 6.92 Å². The second-order valence-corrected chi connectivity index (χ2v) is 7.45. The van der Waals surface area contributed by atoms with Crippen molar-refractivity contribution in [1.29, 1.82) is 0 Å². The molecule has 0 amide bonds. The van der Waals surface area contributed by atoms with Gasteiger partial charge in [0, 0.05) is 6.54 Å². The molecule has 1 saturated carbocycles. The quantitative estimate of drug-likeness (QED) is 0.894. The molecule has 112 valence electrons.